The molecule has 0 saturated heterocycles. The maximum absolute atomic E-state index is 2.42. The second kappa shape index (κ2) is 10.4. The van der Waals surface area contributed by atoms with Crippen LogP contribution in [0.15, 0.2) is 176 Å². The van der Waals surface area contributed by atoms with E-state index in [0.29, 0.717) is 0 Å². The van der Waals surface area contributed by atoms with Crippen molar-refractivity contribution < 1.29 is 0 Å². The Hall–Kier alpha value is -5.80. The molecule has 9 aromatic rings. The average Bonchev–Trinajstić information content (AvgIpc) is 3.66. The molecule has 0 bridgehead atoms. The van der Waals surface area contributed by atoms with E-state index >= 15 is 0 Å². The lowest BCUT2D eigenvalue weighted by Gasteiger charge is -2.16. The topological polar surface area (TPSA) is 9.86 Å². The minimum absolute atomic E-state index is 0.173. The van der Waals surface area contributed by atoms with Gasteiger partial charge in [0.05, 0.1) is 16.6 Å². The molecule has 0 N–H and O–H groups in total. The predicted octanol–water partition coefficient (Wildman–Crippen LogP) is 8.40. The molecule has 210 valence electrons. The second-order valence-corrected chi connectivity index (χ2v) is 11.8. The SMILES string of the molecule is c1ccc(B(c2ccccc2)c2ccc(-n3c4ccccc4c4cc5cc6ccn(-c7ccccc7)c6cc5cc43)cc2)cc1. The summed E-state index contributed by atoms with van der Waals surface area (Å²) in [5.74, 6) is 0. The standard InChI is InChI=1S/C42H29BN2/c1-4-12-33(13-5-1)43(34-14-6-2-7-15-34)35-20-22-37(23-21-35)45-40-19-11-10-18-38(40)39-27-31-26-30-24-25-44(36-16-8-3-9-17-36)41(30)28-32(31)29-42(39)45/h1-29H. The van der Waals surface area contributed by atoms with Gasteiger partial charge in [-0.2, -0.15) is 0 Å². The van der Waals surface area contributed by atoms with Crippen LogP contribution in [0.1, 0.15) is 0 Å². The summed E-state index contributed by atoms with van der Waals surface area (Å²) in [5, 5.41) is 6.28. The minimum Gasteiger partial charge on any atom is -0.317 e. The van der Waals surface area contributed by atoms with Crippen LogP contribution in [-0.2, 0) is 0 Å². The van der Waals surface area contributed by atoms with Gasteiger partial charge in [0.1, 0.15) is 0 Å². The number of rotatable bonds is 5. The lowest BCUT2D eigenvalue weighted by Crippen LogP contribution is -2.51. The number of para-hydroxylation sites is 2. The van der Waals surface area contributed by atoms with Crippen LogP contribution in [0.2, 0.25) is 0 Å². The van der Waals surface area contributed by atoms with Gasteiger partial charge in [-0.25, -0.2) is 0 Å². The molecule has 0 spiro atoms. The van der Waals surface area contributed by atoms with Crippen LogP contribution in [0.25, 0.3) is 54.9 Å². The van der Waals surface area contributed by atoms with E-state index in [9.17, 15) is 0 Å². The number of hydrogen-bond acceptors (Lipinski definition) is 0. The molecule has 2 nitrogen and oxygen atoms in total. The van der Waals surface area contributed by atoms with Crippen LogP contribution < -0.4 is 16.4 Å². The molecule has 45 heavy (non-hydrogen) atoms. The van der Waals surface area contributed by atoms with Gasteiger partial charge in [0.15, 0.2) is 0 Å². The number of benzene rings is 7. The van der Waals surface area contributed by atoms with Gasteiger partial charge >= 0.3 is 0 Å². The Morgan fingerprint density at radius 1 is 0.356 bits per heavy atom. The molecule has 0 radical (unpaired) electrons. The van der Waals surface area contributed by atoms with Crippen molar-refractivity contribution in [3.8, 4) is 11.4 Å². The summed E-state index contributed by atoms with van der Waals surface area (Å²) in [5.41, 5.74) is 9.87. The quantitative estimate of drug-likeness (QED) is 0.183. The predicted molar refractivity (Wildman–Crippen MR) is 193 cm³/mol. The van der Waals surface area contributed by atoms with Crippen LogP contribution in [0.5, 0.6) is 0 Å². The van der Waals surface area contributed by atoms with Crippen LogP contribution in [0.3, 0.4) is 0 Å². The van der Waals surface area contributed by atoms with E-state index in [0.717, 1.165) is 5.69 Å². The second-order valence-electron chi connectivity index (χ2n) is 11.8. The molecule has 7 aromatic carbocycles. The van der Waals surface area contributed by atoms with Crippen LogP contribution in [-0.4, -0.2) is 15.8 Å². The summed E-state index contributed by atoms with van der Waals surface area (Å²) in [4.78, 5) is 0. The first-order chi connectivity index (χ1) is 22.3. The fraction of sp³-hybridized carbons (Fsp3) is 0. The van der Waals surface area contributed by atoms with E-state index in [-0.39, 0.29) is 6.71 Å². The van der Waals surface area contributed by atoms with Crippen LogP contribution in [0, 0.1) is 0 Å². The lowest BCUT2D eigenvalue weighted by atomic mass is 9.37. The monoisotopic (exact) mass is 572 g/mol. The molecular weight excluding hydrogens is 543 g/mol. The molecule has 0 aliphatic heterocycles. The van der Waals surface area contributed by atoms with E-state index < -0.39 is 0 Å². The maximum atomic E-state index is 2.42. The van der Waals surface area contributed by atoms with Gasteiger partial charge in [0.25, 0.3) is 0 Å². The smallest absolute Gasteiger partial charge is 0.241 e. The summed E-state index contributed by atoms with van der Waals surface area (Å²) in [6.45, 7) is 0.173. The summed E-state index contributed by atoms with van der Waals surface area (Å²) in [6.07, 6.45) is 2.17. The molecule has 2 heterocycles. The Morgan fingerprint density at radius 3 is 1.64 bits per heavy atom. The van der Waals surface area contributed by atoms with Gasteiger partial charge in [0.2, 0.25) is 6.71 Å². The molecule has 0 fully saturated rings. The normalized spacial score (nSPS) is 11.6. The first-order valence-corrected chi connectivity index (χ1v) is 15.6. The van der Waals surface area contributed by atoms with Crippen LogP contribution in [0.4, 0.5) is 0 Å². The van der Waals surface area contributed by atoms with Crippen molar-refractivity contribution in [2.45, 2.75) is 0 Å². The summed E-state index contributed by atoms with van der Waals surface area (Å²) >= 11 is 0. The molecule has 0 unspecified atom stereocenters. The highest BCUT2D eigenvalue weighted by atomic mass is 15.0. The third-order valence-corrected chi connectivity index (χ3v) is 9.22. The molecule has 0 atom stereocenters. The molecule has 0 amide bonds. The van der Waals surface area contributed by atoms with E-state index in [1.54, 1.807) is 0 Å². The van der Waals surface area contributed by atoms with E-state index in [1.165, 1.54) is 65.6 Å². The molecule has 0 aliphatic rings. The van der Waals surface area contributed by atoms with Gasteiger partial charge in [-0.05, 0) is 71.4 Å². The van der Waals surface area contributed by atoms with E-state index in [2.05, 4.69) is 185 Å². The Morgan fingerprint density at radius 2 is 0.933 bits per heavy atom. The average molecular weight is 573 g/mol. The van der Waals surface area contributed by atoms with E-state index in [4.69, 9.17) is 0 Å². The van der Waals surface area contributed by atoms with Crippen molar-refractivity contribution in [2.75, 3.05) is 0 Å². The third kappa shape index (κ3) is 4.28. The third-order valence-electron chi connectivity index (χ3n) is 9.22. The highest BCUT2D eigenvalue weighted by Gasteiger charge is 2.22. The van der Waals surface area contributed by atoms with Gasteiger partial charge in [-0.15, -0.1) is 0 Å². The zero-order valence-corrected chi connectivity index (χ0v) is 24.7. The highest BCUT2D eigenvalue weighted by molar-refractivity contribution is 6.95. The van der Waals surface area contributed by atoms with Crippen molar-refractivity contribution >= 4 is 66.6 Å². The summed E-state index contributed by atoms with van der Waals surface area (Å²) in [6, 6.07) is 61.8. The van der Waals surface area contributed by atoms with Crippen molar-refractivity contribution in [3.63, 3.8) is 0 Å². The molecular formula is C42H29BN2. The molecule has 3 heteroatoms. The van der Waals surface area contributed by atoms with Gasteiger partial charge in [-0.1, -0.05) is 126 Å². The highest BCUT2D eigenvalue weighted by Crippen LogP contribution is 2.36. The minimum atomic E-state index is 0.173. The number of aromatic nitrogens is 2. The fourth-order valence-corrected chi connectivity index (χ4v) is 7.12. The first-order valence-electron chi connectivity index (χ1n) is 15.6. The number of hydrogen-bond donors (Lipinski definition) is 0. The zero-order valence-electron chi connectivity index (χ0n) is 24.7. The van der Waals surface area contributed by atoms with Gasteiger partial charge < -0.3 is 9.13 Å². The number of nitrogens with zero attached hydrogens (tertiary/aromatic N) is 2. The van der Waals surface area contributed by atoms with Gasteiger partial charge in [-0.3, -0.25) is 0 Å². The largest absolute Gasteiger partial charge is 0.317 e. The summed E-state index contributed by atoms with van der Waals surface area (Å²) < 4.78 is 4.71. The molecule has 0 saturated carbocycles. The van der Waals surface area contributed by atoms with Crippen LogP contribution >= 0.6 is 0 Å². The van der Waals surface area contributed by atoms with Gasteiger partial charge in [0, 0.05) is 33.7 Å². The van der Waals surface area contributed by atoms with Crippen molar-refractivity contribution in [1.29, 1.82) is 0 Å². The molecule has 9 rings (SSSR count). The molecule has 0 aliphatic carbocycles. The Bertz CT molecular complexity index is 2420. The van der Waals surface area contributed by atoms with E-state index in [1.807, 2.05) is 0 Å². The first kappa shape index (κ1) is 25.7. The molecule has 2 aromatic heterocycles. The van der Waals surface area contributed by atoms with Crippen molar-refractivity contribution in [1.82, 2.24) is 9.13 Å². The Balaban J connectivity index is 1.22. The summed E-state index contributed by atoms with van der Waals surface area (Å²) in [7, 11) is 0. The maximum Gasteiger partial charge on any atom is 0.241 e. The number of fused-ring (bicyclic) bond motifs is 5. The fourth-order valence-electron chi connectivity index (χ4n) is 7.12. The Kier molecular flexibility index (Phi) is 5.95. The van der Waals surface area contributed by atoms with Crippen molar-refractivity contribution in [2.24, 2.45) is 0 Å². The Labute approximate surface area is 262 Å². The van der Waals surface area contributed by atoms with Crippen molar-refractivity contribution in [3.05, 3.63) is 176 Å². The lowest BCUT2D eigenvalue weighted by molar-refractivity contribution is 1.13. The zero-order chi connectivity index (χ0) is 29.7.